The number of H-pyrrole nitrogens is 1. The van der Waals surface area contributed by atoms with Crippen molar-refractivity contribution in [3.63, 3.8) is 0 Å². The van der Waals surface area contributed by atoms with Crippen molar-refractivity contribution in [1.29, 1.82) is 0 Å². The van der Waals surface area contributed by atoms with Crippen molar-refractivity contribution in [2.45, 2.75) is 45.7 Å². The monoisotopic (exact) mass is 349 g/mol. The molecule has 1 aliphatic rings. The fourth-order valence-electron chi connectivity index (χ4n) is 2.97. The summed E-state index contributed by atoms with van der Waals surface area (Å²) >= 11 is 0. The van der Waals surface area contributed by atoms with Crippen molar-refractivity contribution in [3.05, 3.63) is 41.5 Å². The first-order chi connectivity index (χ1) is 12.5. The van der Waals surface area contributed by atoms with Gasteiger partial charge in [-0.05, 0) is 63.4 Å². The van der Waals surface area contributed by atoms with Gasteiger partial charge in [0.25, 0.3) is 5.91 Å². The highest BCUT2D eigenvalue weighted by atomic mass is 16.1. The quantitative estimate of drug-likeness (QED) is 0.657. The number of pyridine rings is 1. The fraction of sp³-hybridized carbons (Fsp3) is 0.350. The number of nitrogens with one attached hydrogen (secondary N) is 3. The lowest BCUT2D eigenvalue weighted by molar-refractivity contribution is 0.0951. The second-order valence-corrected chi connectivity index (χ2v) is 7.24. The molecule has 1 saturated carbocycles. The number of rotatable bonds is 5. The van der Waals surface area contributed by atoms with Crippen LogP contribution in [0.25, 0.3) is 22.3 Å². The number of fused-ring (bicyclic) bond motifs is 1. The van der Waals surface area contributed by atoms with E-state index in [0.717, 1.165) is 46.5 Å². The lowest BCUT2D eigenvalue weighted by atomic mass is 10.0. The summed E-state index contributed by atoms with van der Waals surface area (Å²) in [5, 5.41) is 14.6. The Bertz CT molecular complexity index is 971. The Labute approximate surface area is 152 Å². The zero-order valence-electron chi connectivity index (χ0n) is 15.3. The Hall–Kier alpha value is -2.89. The predicted octanol–water partition coefficient (Wildman–Crippen LogP) is 3.65. The summed E-state index contributed by atoms with van der Waals surface area (Å²) in [5.41, 5.74) is 4.28. The normalized spacial score (nSPS) is 14.0. The van der Waals surface area contributed by atoms with Gasteiger partial charge in [0.05, 0.1) is 11.1 Å². The molecule has 3 N–H and O–H groups in total. The molecule has 0 atom stereocenters. The molecule has 0 saturated heterocycles. The second-order valence-electron chi connectivity index (χ2n) is 7.24. The van der Waals surface area contributed by atoms with Gasteiger partial charge in [-0.15, -0.1) is 0 Å². The van der Waals surface area contributed by atoms with Gasteiger partial charge >= 0.3 is 0 Å². The van der Waals surface area contributed by atoms with Gasteiger partial charge in [0, 0.05) is 23.2 Å². The summed E-state index contributed by atoms with van der Waals surface area (Å²) in [4.78, 5) is 17.1. The molecular weight excluding hydrogens is 326 g/mol. The van der Waals surface area contributed by atoms with Crippen LogP contribution in [0.4, 0.5) is 5.82 Å². The summed E-state index contributed by atoms with van der Waals surface area (Å²) in [6.07, 6.45) is 2.16. The molecule has 26 heavy (non-hydrogen) atoms. The third-order valence-corrected chi connectivity index (χ3v) is 4.54. The number of aryl methyl sites for hydroxylation is 1. The largest absolute Gasteiger partial charge is 0.366 e. The molecule has 1 aliphatic carbocycles. The Morgan fingerprint density at radius 3 is 2.77 bits per heavy atom. The first-order valence-electron chi connectivity index (χ1n) is 9.05. The van der Waals surface area contributed by atoms with Gasteiger partial charge in [0.1, 0.15) is 0 Å². The number of anilines is 1. The molecule has 2 heterocycles. The second kappa shape index (κ2) is 6.44. The number of hydrogen-bond acceptors (Lipinski definition) is 4. The van der Waals surface area contributed by atoms with Gasteiger partial charge in [-0.3, -0.25) is 9.89 Å². The van der Waals surface area contributed by atoms with Crippen LogP contribution in [0.1, 0.15) is 42.6 Å². The molecule has 6 nitrogen and oxygen atoms in total. The van der Waals surface area contributed by atoms with Crippen LogP contribution in [0.15, 0.2) is 30.3 Å². The molecule has 0 bridgehead atoms. The third-order valence-electron chi connectivity index (χ3n) is 4.54. The molecule has 0 unspecified atom stereocenters. The average molecular weight is 349 g/mol. The van der Waals surface area contributed by atoms with Crippen LogP contribution in [0.2, 0.25) is 0 Å². The van der Waals surface area contributed by atoms with Gasteiger partial charge in [-0.1, -0.05) is 6.07 Å². The van der Waals surface area contributed by atoms with E-state index >= 15 is 0 Å². The topological polar surface area (TPSA) is 82.7 Å². The molecule has 0 radical (unpaired) electrons. The Balaban J connectivity index is 1.68. The highest BCUT2D eigenvalue weighted by molar-refractivity contribution is 5.96. The van der Waals surface area contributed by atoms with Crippen molar-refractivity contribution < 1.29 is 4.79 Å². The van der Waals surface area contributed by atoms with E-state index in [0.29, 0.717) is 17.6 Å². The van der Waals surface area contributed by atoms with Crippen LogP contribution in [0.5, 0.6) is 0 Å². The van der Waals surface area contributed by atoms with Crippen molar-refractivity contribution in [1.82, 2.24) is 20.5 Å². The number of amides is 1. The number of aromatic nitrogens is 3. The summed E-state index contributed by atoms with van der Waals surface area (Å²) < 4.78 is 0. The van der Waals surface area contributed by atoms with E-state index in [1.54, 1.807) is 0 Å². The molecule has 0 spiro atoms. The molecule has 6 heteroatoms. The van der Waals surface area contributed by atoms with Crippen LogP contribution in [-0.2, 0) is 0 Å². The van der Waals surface area contributed by atoms with Crippen LogP contribution in [-0.4, -0.2) is 33.2 Å². The Morgan fingerprint density at radius 2 is 2.04 bits per heavy atom. The molecule has 4 rings (SSSR count). The predicted molar refractivity (Wildman–Crippen MR) is 103 cm³/mol. The number of aromatic amines is 1. The average Bonchev–Trinajstić information content (AvgIpc) is 3.34. The number of carbonyl (C=O) groups is 1. The van der Waals surface area contributed by atoms with Gasteiger partial charge < -0.3 is 10.6 Å². The standard InChI is InChI=1S/C20H23N5O/c1-11(2)21-18-15-8-9-17(23-19(15)25-24-18)16-10-13(5-4-12(16)3)20(26)22-14-6-7-14/h4-5,8-11,14H,6-7H2,1-3H3,(H,22,26)(H2,21,23,24,25). The number of nitrogens with zero attached hydrogens (tertiary/aromatic N) is 2. The molecule has 3 aromatic rings. The van der Waals surface area contributed by atoms with Gasteiger partial charge in [0.15, 0.2) is 11.5 Å². The van der Waals surface area contributed by atoms with Crippen molar-refractivity contribution in [2.24, 2.45) is 0 Å². The fourth-order valence-corrected chi connectivity index (χ4v) is 2.97. The zero-order valence-corrected chi connectivity index (χ0v) is 15.3. The third kappa shape index (κ3) is 3.27. The van der Waals surface area contributed by atoms with E-state index in [4.69, 9.17) is 4.98 Å². The maximum absolute atomic E-state index is 12.4. The van der Waals surface area contributed by atoms with Crippen LogP contribution < -0.4 is 10.6 Å². The minimum atomic E-state index is -0.0141. The first-order valence-corrected chi connectivity index (χ1v) is 9.05. The van der Waals surface area contributed by atoms with E-state index in [9.17, 15) is 4.79 Å². The summed E-state index contributed by atoms with van der Waals surface area (Å²) in [7, 11) is 0. The number of benzene rings is 1. The smallest absolute Gasteiger partial charge is 0.251 e. The van der Waals surface area contributed by atoms with Gasteiger partial charge in [-0.2, -0.15) is 5.10 Å². The van der Waals surface area contributed by atoms with Crippen LogP contribution in [0, 0.1) is 6.92 Å². The molecule has 2 aromatic heterocycles. The maximum atomic E-state index is 12.4. The minimum Gasteiger partial charge on any atom is -0.366 e. The van der Waals surface area contributed by atoms with Crippen molar-refractivity contribution in [2.75, 3.05) is 5.32 Å². The lowest BCUT2D eigenvalue weighted by Crippen LogP contribution is -2.25. The zero-order chi connectivity index (χ0) is 18.3. The SMILES string of the molecule is Cc1ccc(C(=O)NC2CC2)cc1-c1ccc2c(NC(C)C)n[nH]c2n1. The molecule has 0 aliphatic heterocycles. The van der Waals surface area contributed by atoms with E-state index in [1.807, 2.05) is 37.3 Å². The van der Waals surface area contributed by atoms with Gasteiger partial charge in [-0.25, -0.2) is 4.98 Å². The van der Waals surface area contributed by atoms with E-state index < -0.39 is 0 Å². The van der Waals surface area contributed by atoms with E-state index in [-0.39, 0.29) is 5.91 Å². The molecular formula is C20H23N5O. The summed E-state index contributed by atoms with van der Waals surface area (Å²) in [5.74, 6) is 0.795. The molecule has 1 aromatic carbocycles. The van der Waals surface area contributed by atoms with E-state index in [2.05, 4.69) is 34.7 Å². The minimum absolute atomic E-state index is 0.0141. The van der Waals surface area contributed by atoms with E-state index in [1.165, 1.54) is 0 Å². The molecule has 1 amide bonds. The lowest BCUT2D eigenvalue weighted by Gasteiger charge is -2.10. The number of hydrogen-bond donors (Lipinski definition) is 3. The van der Waals surface area contributed by atoms with Crippen LogP contribution >= 0.6 is 0 Å². The first kappa shape index (κ1) is 16.6. The molecule has 134 valence electrons. The Kier molecular flexibility index (Phi) is 4.11. The highest BCUT2D eigenvalue weighted by Gasteiger charge is 2.24. The maximum Gasteiger partial charge on any atom is 0.251 e. The van der Waals surface area contributed by atoms with Crippen molar-refractivity contribution in [3.8, 4) is 11.3 Å². The number of carbonyl (C=O) groups excluding carboxylic acids is 1. The highest BCUT2D eigenvalue weighted by Crippen LogP contribution is 2.28. The van der Waals surface area contributed by atoms with Gasteiger partial charge in [0.2, 0.25) is 0 Å². The van der Waals surface area contributed by atoms with Crippen LogP contribution in [0.3, 0.4) is 0 Å². The summed E-state index contributed by atoms with van der Waals surface area (Å²) in [6, 6.07) is 10.4. The Morgan fingerprint density at radius 1 is 1.23 bits per heavy atom. The molecule has 1 fully saturated rings. The summed E-state index contributed by atoms with van der Waals surface area (Å²) in [6.45, 7) is 6.18. The van der Waals surface area contributed by atoms with Crippen molar-refractivity contribution >= 4 is 22.8 Å².